The predicted molar refractivity (Wildman–Crippen MR) is 61.8 cm³/mol. The van der Waals surface area contributed by atoms with Crippen LogP contribution in [0, 0.1) is 0 Å². The van der Waals surface area contributed by atoms with Gasteiger partial charge in [-0.25, -0.2) is 0 Å². The molecular formula is C12H14ClNO. The lowest BCUT2D eigenvalue weighted by Gasteiger charge is -2.13. The van der Waals surface area contributed by atoms with Crippen LogP contribution in [0.3, 0.4) is 0 Å². The number of hydrogen-bond acceptors (Lipinski definition) is 2. The van der Waals surface area contributed by atoms with Gasteiger partial charge in [0.1, 0.15) is 5.76 Å². The fourth-order valence-electron chi connectivity index (χ4n) is 1.67. The van der Waals surface area contributed by atoms with E-state index < -0.39 is 0 Å². The van der Waals surface area contributed by atoms with E-state index in [0.717, 1.165) is 30.2 Å². The highest BCUT2D eigenvalue weighted by Crippen LogP contribution is 2.17. The molecular weight excluding hydrogens is 210 g/mol. The summed E-state index contributed by atoms with van der Waals surface area (Å²) in [6, 6.07) is 7.73. The van der Waals surface area contributed by atoms with E-state index in [1.807, 2.05) is 24.3 Å². The minimum absolute atomic E-state index is 0.0336. The molecule has 2 nitrogen and oxygen atoms in total. The minimum Gasteiger partial charge on any atom is -0.496 e. The smallest absolute Gasteiger partial charge is 0.109 e. The van der Waals surface area contributed by atoms with E-state index in [-0.39, 0.29) is 6.04 Å². The second kappa shape index (κ2) is 4.69. The Morgan fingerprint density at radius 3 is 2.67 bits per heavy atom. The maximum atomic E-state index is 6.02. The standard InChI is InChI=1S/C12H14ClNO/c13-10-5-3-9(4-6-10)8-11(14)12-2-1-7-15-12/h2-6,11H,1,7-8,14H2. The van der Waals surface area contributed by atoms with Crippen LogP contribution < -0.4 is 5.73 Å². The van der Waals surface area contributed by atoms with Crippen molar-refractivity contribution in [1.29, 1.82) is 0 Å². The highest BCUT2D eigenvalue weighted by Gasteiger charge is 2.14. The Morgan fingerprint density at radius 2 is 2.07 bits per heavy atom. The van der Waals surface area contributed by atoms with Crippen molar-refractivity contribution in [2.75, 3.05) is 6.61 Å². The Kier molecular flexibility index (Phi) is 3.29. The van der Waals surface area contributed by atoms with Gasteiger partial charge in [-0.2, -0.15) is 0 Å². The van der Waals surface area contributed by atoms with Gasteiger partial charge >= 0.3 is 0 Å². The fraction of sp³-hybridized carbons (Fsp3) is 0.333. The summed E-state index contributed by atoms with van der Waals surface area (Å²) in [6.07, 6.45) is 3.84. The number of nitrogens with two attached hydrogens (primary N) is 1. The normalized spacial score (nSPS) is 17.1. The van der Waals surface area contributed by atoms with Crippen molar-refractivity contribution >= 4 is 11.6 Å². The second-order valence-electron chi connectivity index (χ2n) is 3.68. The average molecular weight is 224 g/mol. The Labute approximate surface area is 94.7 Å². The van der Waals surface area contributed by atoms with Gasteiger partial charge < -0.3 is 10.5 Å². The van der Waals surface area contributed by atoms with Crippen molar-refractivity contribution in [3.63, 3.8) is 0 Å². The number of halogens is 1. The van der Waals surface area contributed by atoms with Gasteiger partial charge in [-0.1, -0.05) is 23.7 Å². The van der Waals surface area contributed by atoms with E-state index in [4.69, 9.17) is 22.1 Å². The first kappa shape index (κ1) is 10.5. The zero-order chi connectivity index (χ0) is 10.7. The van der Waals surface area contributed by atoms with Gasteiger partial charge in [0.25, 0.3) is 0 Å². The molecule has 0 fully saturated rings. The minimum atomic E-state index is -0.0336. The lowest BCUT2D eigenvalue weighted by Crippen LogP contribution is -2.25. The van der Waals surface area contributed by atoms with Crippen LogP contribution in [-0.4, -0.2) is 12.6 Å². The summed E-state index contributed by atoms with van der Waals surface area (Å²) in [4.78, 5) is 0. The van der Waals surface area contributed by atoms with Crippen LogP contribution in [0.2, 0.25) is 5.02 Å². The van der Waals surface area contributed by atoms with Crippen molar-refractivity contribution in [3.8, 4) is 0 Å². The summed E-state index contributed by atoms with van der Waals surface area (Å²) in [5.74, 6) is 0.921. The predicted octanol–water partition coefficient (Wildman–Crippen LogP) is 2.51. The molecule has 1 aliphatic rings. The quantitative estimate of drug-likeness (QED) is 0.855. The molecule has 1 heterocycles. The van der Waals surface area contributed by atoms with Gasteiger partial charge in [0.15, 0.2) is 0 Å². The maximum Gasteiger partial charge on any atom is 0.109 e. The number of rotatable bonds is 3. The van der Waals surface area contributed by atoms with E-state index >= 15 is 0 Å². The average Bonchev–Trinajstić information content (AvgIpc) is 2.74. The molecule has 0 saturated heterocycles. The van der Waals surface area contributed by atoms with Gasteiger partial charge in [0, 0.05) is 11.4 Å². The first-order chi connectivity index (χ1) is 7.25. The van der Waals surface area contributed by atoms with Gasteiger partial charge in [-0.3, -0.25) is 0 Å². The first-order valence-electron chi connectivity index (χ1n) is 5.08. The Morgan fingerprint density at radius 1 is 1.33 bits per heavy atom. The van der Waals surface area contributed by atoms with Crippen molar-refractivity contribution in [2.45, 2.75) is 18.9 Å². The molecule has 1 unspecified atom stereocenters. The van der Waals surface area contributed by atoms with Crippen LogP contribution >= 0.6 is 11.6 Å². The van der Waals surface area contributed by atoms with Gasteiger partial charge in [-0.05, 0) is 30.2 Å². The SMILES string of the molecule is NC(Cc1ccc(Cl)cc1)C1=CCCO1. The summed E-state index contributed by atoms with van der Waals surface area (Å²) < 4.78 is 5.42. The maximum absolute atomic E-state index is 6.02. The Balaban J connectivity index is 1.99. The van der Waals surface area contributed by atoms with E-state index in [1.54, 1.807) is 0 Å². The number of benzene rings is 1. The molecule has 0 radical (unpaired) electrons. The number of ether oxygens (including phenoxy) is 1. The lowest BCUT2D eigenvalue weighted by atomic mass is 10.1. The van der Waals surface area contributed by atoms with Crippen LogP contribution in [0.5, 0.6) is 0 Å². The second-order valence-corrected chi connectivity index (χ2v) is 4.12. The zero-order valence-electron chi connectivity index (χ0n) is 8.45. The van der Waals surface area contributed by atoms with Crippen molar-refractivity contribution in [3.05, 3.63) is 46.7 Å². The van der Waals surface area contributed by atoms with E-state index in [9.17, 15) is 0 Å². The molecule has 0 bridgehead atoms. The fourth-order valence-corrected chi connectivity index (χ4v) is 1.80. The summed E-state index contributed by atoms with van der Waals surface area (Å²) in [5, 5.41) is 0.753. The summed E-state index contributed by atoms with van der Waals surface area (Å²) in [7, 11) is 0. The molecule has 15 heavy (non-hydrogen) atoms. The van der Waals surface area contributed by atoms with Crippen LogP contribution in [0.25, 0.3) is 0 Å². The molecule has 1 aliphatic heterocycles. The molecule has 0 aliphatic carbocycles. The van der Waals surface area contributed by atoms with Crippen molar-refractivity contribution in [1.82, 2.24) is 0 Å². The monoisotopic (exact) mass is 223 g/mol. The number of hydrogen-bond donors (Lipinski definition) is 1. The Bertz CT molecular complexity index is 358. The van der Waals surface area contributed by atoms with Crippen molar-refractivity contribution < 1.29 is 4.74 Å². The van der Waals surface area contributed by atoms with Crippen LogP contribution in [0.1, 0.15) is 12.0 Å². The molecule has 0 amide bonds. The summed E-state index contributed by atoms with van der Waals surface area (Å²) in [6.45, 7) is 0.768. The molecule has 0 saturated carbocycles. The van der Waals surface area contributed by atoms with E-state index in [2.05, 4.69) is 6.08 Å². The van der Waals surface area contributed by atoms with E-state index in [0.29, 0.717) is 0 Å². The molecule has 0 aromatic heterocycles. The van der Waals surface area contributed by atoms with Crippen LogP contribution in [-0.2, 0) is 11.2 Å². The van der Waals surface area contributed by atoms with Crippen LogP contribution in [0.4, 0.5) is 0 Å². The zero-order valence-corrected chi connectivity index (χ0v) is 9.20. The molecule has 1 atom stereocenters. The summed E-state index contributed by atoms with van der Waals surface area (Å²) >= 11 is 5.81. The molecule has 2 rings (SSSR count). The van der Waals surface area contributed by atoms with Gasteiger partial charge in [0.05, 0.1) is 12.6 Å². The van der Waals surface area contributed by atoms with Crippen LogP contribution in [0.15, 0.2) is 36.1 Å². The van der Waals surface area contributed by atoms with E-state index in [1.165, 1.54) is 5.56 Å². The first-order valence-corrected chi connectivity index (χ1v) is 5.46. The largest absolute Gasteiger partial charge is 0.496 e. The third-order valence-electron chi connectivity index (χ3n) is 2.47. The third kappa shape index (κ3) is 2.74. The Hall–Kier alpha value is -0.990. The molecule has 3 heteroatoms. The van der Waals surface area contributed by atoms with Gasteiger partial charge in [0.2, 0.25) is 0 Å². The molecule has 1 aromatic carbocycles. The highest BCUT2D eigenvalue weighted by molar-refractivity contribution is 6.30. The molecule has 1 aromatic rings. The lowest BCUT2D eigenvalue weighted by molar-refractivity contribution is 0.224. The van der Waals surface area contributed by atoms with Gasteiger partial charge in [-0.15, -0.1) is 0 Å². The third-order valence-corrected chi connectivity index (χ3v) is 2.72. The summed E-state index contributed by atoms with van der Waals surface area (Å²) in [5.41, 5.74) is 7.21. The highest BCUT2D eigenvalue weighted by atomic mass is 35.5. The molecule has 80 valence electrons. The molecule has 0 spiro atoms. The topological polar surface area (TPSA) is 35.2 Å². The molecule has 2 N–H and O–H groups in total. The van der Waals surface area contributed by atoms with Crippen molar-refractivity contribution in [2.24, 2.45) is 5.73 Å².